The maximum Gasteiger partial charge on any atom is 0.335 e. The predicted molar refractivity (Wildman–Crippen MR) is 103 cm³/mol. The van der Waals surface area contributed by atoms with Gasteiger partial charge in [0.1, 0.15) is 0 Å². The van der Waals surface area contributed by atoms with Gasteiger partial charge < -0.3 is 5.11 Å². The van der Waals surface area contributed by atoms with Crippen LogP contribution in [-0.4, -0.2) is 54.9 Å². The molecule has 3 rings (SSSR count). The van der Waals surface area contributed by atoms with E-state index in [1.807, 2.05) is 26.0 Å². The van der Waals surface area contributed by atoms with Gasteiger partial charge in [-0.15, -0.1) is 0 Å². The Balaban J connectivity index is 1.65. The van der Waals surface area contributed by atoms with Crippen molar-refractivity contribution in [1.82, 2.24) is 9.21 Å². The lowest BCUT2D eigenvalue weighted by Crippen LogP contribution is -2.48. The van der Waals surface area contributed by atoms with E-state index >= 15 is 0 Å². The Labute approximate surface area is 160 Å². The molecule has 2 aromatic carbocycles. The van der Waals surface area contributed by atoms with E-state index in [0.29, 0.717) is 37.6 Å². The molecule has 6 nitrogen and oxygen atoms in total. The molecule has 0 saturated carbocycles. The lowest BCUT2D eigenvalue weighted by molar-refractivity contribution is 0.0696. The quantitative estimate of drug-likeness (QED) is 0.852. The summed E-state index contributed by atoms with van der Waals surface area (Å²) in [5, 5.41) is 9.10. The molecule has 0 atom stereocenters. The fourth-order valence-corrected chi connectivity index (χ4v) is 4.72. The minimum Gasteiger partial charge on any atom is -0.478 e. The molecule has 0 amide bonds. The normalized spacial score (nSPS) is 16.4. The third kappa shape index (κ3) is 4.37. The summed E-state index contributed by atoms with van der Waals surface area (Å²) in [7, 11) is -3.49. The van der Waals surface area contributed by atoms with E-state index in [4.69, 9.17) is 5.11 Å². The van der Waals surface area contributed by atoms with E-state index in [9.17, 15) is 13.2 Å². The van der Waals surface area contributed by atoms with Gasteiger partial charge in [0.25, 0.3) is 0 Å². The molecule has 0 unspecified atom stereocenters. The van der Waals surface area contributed by atoms with E-state index in [2.05, 4.69) is 4.90 Å². The van der Waals surface area contributed by atoms with Crippen molar-refractivity contribution in [2.45, 2.75) is 25.3 Å². The van der Waals surface area contributed by atoms with Gasteiger partial charge in [0.05, 0.1) is 10.5 Å². The number of carbonyl (C=O) groups is 1. The van der Waals surface area contributed by atoms with Crippen LogP contribution < -0.4 is 0 Å². The minimum atomic E-state index is -3.49. The summed E-state index contributed by atoms with van der Waals surface area (Å²) >= 11 is 0. The van der Waals surface area contributed by atoms with Crippen molar-refractivity contribution in [3.05, 3.63) is 64.7 Å². The number of benzene rings is 2. The minimum absolute atomic E-state index is 0.267. The van der Waals surface area contributed by atoms with Crippen molar-refractivity contribution < 1.29 is 18.3 Å². The molecule has 0 aliphatic carbocycles. The third-order valence-electron chi connectivity index (χ3n) is 5.03. The molecule has 1 heterocycles. The summed E-state index contributed by atoms with van der Waals surface area (Å²) in [6, 6.07) is 12.1. The first-order valence-corrected chi connectivity index (χ1v) is 10.3. The molecule has 0 aromatic heterocycles. The van der Waals surface area contributed by atoms with Crippen molar-refractivity contribution in [2.75, 3.05) is 26.2 Å². The molecule has 1 saturated heterocycles. The molecule has 0 radical (unpaired) electrons. The Morgan fingerprint density at radius 3 is 2.33 bits per heavy atom. The first kappa shape index (κ1) is 19.5. The number of hydrogen-bond donors (Lipinski definition) is 1. The third-order valence-corrected chi connectivity index (χ3v) is 6.92. The van der Waals surface area contributed by atoms with Gasteiger partial charge in [-0.25, -0.2) is 13.2 Å². The highest BCUT2D eigenvalue weighted by molar-refractivity contribution is 7.89. The number of piperazine rings is 1. The number of hydrogen-bond acceptors (Lipinski definition) is 4. The van der Waals surface area contributed by atoms with Crippen LogP contribution in [0.4, 0.5) is 0 Å². The van der Waals surface area contributed by atoms with Gasteiger partial charge in [-0.2, -0.15) is 4.31 Å². The van der Waals surface area contributed by atoms with E-state index in [1.165, 1.54) is 4.31 Å². The smallest absolute Gasteiger partial charge is 0.335 e. The van der Waals surface area contributed by atoms with Crippen molar-refractivity contribution in [3.63, 3.8) is 0 Å². The van der Waals surface area contributed by atoms with E-state index < -0.39 is 16.0 Å². The van der Waals surface area contributed by atoms with Gasteiger partial charge >= 0.3 is 5.97 Å². The molecule has 0 spiro atoms. The number of aromatic carboxylic acids is 1. The van der Waals surface area contributed by atoms with E-state index in [-0.39, 0.29) is 5.56 Å². The topological polar surface area (TPSA) is 77.9 Å². The Hall–Kier alpha value is -2.22. The second-order valence-corrected chi connectivity index (χ2v) is 8.87. The van der Waals surface area contributed by atoms with Crippen LogP contribution in [-0.2, 0) is 16.6 Å². The van der Waals surface area contributed by atoms with Crippen molar-refractivity contribution >= 4 is 16.0 Å². The standard InChI is InChI=1S/C20H24N2O4S/c1-15-6-7-19(12-16(15)2)27(25,26)22-10-8-21(9-11-22)14-17-4-3-5-18(13-17)20(23)24/h3-7,12-13H,8-11,14H2,1-2H3,(H,23,24). The lowest BCUT2D eigenvalue weighted by atomic mass is 10.1. The Morgan fingerprint density at radius 1 is 1.00 bits per heavy atom. The lowest BCUT2D eigenvalue weighted by Gasteiger charge is -2.34. The number of nitrogens with zero attached hydrogens (tertiary/aromatic N) is 2. The highest BCUT2D eigenvalue weighted by atomic mass is 32.2. The number of sulfonamides is 1. The first-order valence-electron chi connectivity index (χ1n) is 8.89. The highest BCUT2D eigenvalue weighted by Gasteiger charge is 2.28. The van der Waals surface area contributed by atoms with Gasteiger partial charge in [0.15, 0.2) is 0 Å². The average Bonchev–Trinajstić information content (AvgIpc) is 2.64. The molecule has 1 fully saturated rings. The maximum absolute atomic E-state index is 12.9. The summed E-state index contributed by atoms with van der Waals surface area (Å²) in [5.74, 6) is -0.943. The fourth-order valence-electron chi connectivity index (χ4n) is 3.21. The zero-order valence-electron chi connectivity index (χ0n) is 15.6. The molecule has 0 bridgehead atoms. The zero-order valence-corrected chi connectivity index (χ0v) is 16.4. The summed E-state index contributed by atoms with van der Waals surface area (Å²) in [4.78, 5) is 13.6. The zero-order chi connectivity index (χ0) is 19.6. The van der Waals surface area contributed by atoms with Crippen LogP contribution in [0.5, 0.6) is 0 Å². The maximum atomic E-state index is 12.9. The molecule has 7 heteroatoms. The second kappa shape index (κ2) is 7.80. The molecule has 2 aromatic rings. The van der Waals surface area contributed by atoms with Gasteiger partial charge in [0, 0.05) is 32.7 Å². The fraction of sp³-hybridized carbons (Fsp3) is 0.350. The van der Waals surface area contributed by atoms with Crippen molar-refractivity contribution in [2.24, 2.45) is 0 Å². The molecule has 27 heavy (non-hydrogen) atoms. The SMILES string of the molecule is Cc1ccc(S(=O)(=O)N2CCN(Cc3cccc(C(=O)O)c3)CC2)cc1C. The second-order valence-electron chi connectivity index (χ2n) is 6.93. The van der Waals surface area contributed by atoms with Gasteiger partial charge in [-0.1, -0.05) is 18.2 Å². The monoisotopic (exact) mass is 388 g/mol. The molecular weight excluding hydrogens is 364 g/mol. The number of aryl methyl sites for hydroxylation is 2. The molecular formula is C20H24N2O4S. The molecule has 1 N–H and O–H groups in total. The average molecular weight is 388 g/mol. The summed E-state index contributed by atoms with van der Waals surface area (Å²) in [6.45, 7) is 6.56. The van der Waals surface area contributed by atoms with Gasteiger partial charge in [-0.3, -0.25) is 4.90 Å². The van der Waals surface area contributed by atoms with Crippen LogP contribution in [0, 0.1) is 13.8 Å². The van der Waals surface area contributed by atoms with Gasteiger partial charge in [0.2, 0.25) is 10.0 Å². The number of carboxylic acid groups (broad SMARTS) is 1. The van der Waals surface area contributed by atoms with Crippen LogP contribution in [0.25, 0.3) is 0 Å². The van der Waals surface area contributed by atoms with Crippen LogP contribution in [0.1, 0.15) is 27.0 Å². The summed E-state index contributed by atoms with van der Waals surface area (Å²) < 4.78 is 27.3. The van der Waals surface area contributed by atoms with E-state index in [0.717, 1.165) is 16.7 Å². The van der Waals surface area contributed by atoms with Gasteiger partial charge in [-0.05, 0) is 54.8 Å². The Morgan fingerprint density at radius 2 is 1.70 bits per heavy atom. The summed E-state index contributed by atoms with van der Waals surface area (Å²) in [5.41, 5.74) is 3.22. The highest BCUT2D eigenvalue weighted by Crippen LogP contribution is 2.21. The van der Waals surface area contributed by atoms with Crippen molar-refractivity contribution in [1.29, 1.82) is 0 Å². The molecule has 144 valence electrons. The van der Waals surface area contributed by atoms with Crippen LogP contribution in [0.3, 0.4) is 0 Å². The van der Waals surface area contributed by atoms with Crippen LogP contribution >= 0.6 is 0 Å². The van der Waals surface area contributed by atoms with Crippen molar-refractivity contribution in [3.8, 4) is 0 Å². The number of carboxylic acids is 1. The predicted octanol–water partition coefficient (Wildman–Crippen LogP) is 2.51. The Kier molecular flexibility index (Phi) is 5.64. The summed E-state index contributed by atoms with van der Waals surface area (Å²) in [6.07, 6.45) is 0. The van der Waals surface area contributed by atoms with Crippen LogP contribution in [0.2, 0.25) is 0 Å². The Bertz CT molecular complexity index is 948. The van der Waals surface area contributed by atoms with E-state index in [1.54, 1.807) is 30.3 Å². The first-order chi connectivity index (χ1) is 12.8. The largest absolute Gasteiger partial charge is 0.478 e. The molecule has 1 aliphatic rings. The number of rotatable bonds is 5. The van der Waals surface area contributed by atoms with Crippen LogP contribution in [0.15, 0.2) is 47.4 Å². The molecule has 1 aliphatic heterocycles.